The molecule has 1 aromatic carbocycles. The van der Waals surface area contributed by atoms with E-state index in [9.17, 15) is 9.59 Å². The largest absolute Gasteiger partial charge is 0.455 e. The first-order chi connectivity index (χ1) is 9.51. The maximum Gasteiger partial charge on any atom is 0.291 e. The standard InChI is InChI=1S/C13H12ClN3O3/c14-9-3-1-7(12(16)18)5-10(9)17-13(19)11-4-2-8(6-15)20-11/h1-5H,6,15H2,(H2,16,18)(H,17,19). The number of primary amides is 1. The zero-order valence-corrected chi connectivity index (χ0v) is 11.1. The van der Waals surface area contributed by atoms with Crippen LogP contribution in [0, 0.1) is 0 Å². The Morgan fingerprint density at radius 3 is 2.60 bits per heavy atom. The molecule has 2 rings (SSSR count). The van der Waals surface area contributed by atoms with Gasteiger partial charge < -0.3 is 21.2 Å². The van der Waals surface area contributed by atoms with Crippen molar-refractivity contribution in [2.75, 3.05) is 5.32 Å². The van der Waals surface area contributed by atoms with Crippen molar-refractivity contribution in [2.45, 2.75) is 6.54 Å². The van der Waals surface area contributed by atoms with Gasteiger partial charge in [0, 0.05) is 5.56 Å². The fraction of sp³-hybridized carbons (Fsp3) is 0.0769. The third kappa shape index (κ3) is 2.98. The molecule has 0 aliphatic carbocycles. The molecule has 0 aliphatic rings. The summed E-state index contributed by atoms with van der Waals surface area (Å²) >= 11 is 5.95. The number of nitrogens with one attached hydrogen (secondary N) is 1. The average Bonchev–Trinajstić information content (AvgIpc) is 2.89. The Morgan fingerprint density at radius 2 is 2.00 bits per heavy atom. The molecule has 0 atom stereocenters. The van der Waals surface area contributed by atoms with Crippen LogP contribution in [0.3, 0.4) is 0 Å². The molecule has 7 heteroatoms. The second kappa shape index (κ2) is 5.77. The Hall–Kier alpha value is -2.31. The summed E-state index contributed by atoms with van der Waals surface area (Å²) in [5.74, 6) is -0.507. The highest BCUT2D eigenvalue weighted by molar-refractivity contribution is 6.34. The van der Waals surface area contributed by atoms with Crippen LogP contribution in [0.2, 0.25) is 5.02 Å². The lowest BCUT2D eigenvalue weighted by molar-refractivity contribution is 0.0987. The molecule has 2 aromatic rings. The summed E-state index contributed by atoms with van der Waals surface area (Å²) in [6.07, 6.45) is 0. The molecule has 0 saturated carbocycles. The van der Waals surface area contributed by atoms with Crippen molar-refractivity contribution in [3.05, 3.63) is 52.4 Å². The van der Waals surface area contributed by atoms with Gasteiger partial charge in [0.05, 0.1) is 17.3 Å². The molecule has 0 aliphatic heterocycles. The van der Waals surface area contributed by atoms with Gasteiger partial charge in [0.25, 0.3) is 5.91 Å². The van der Waals surface area contributed by atoms with E-state index in [2.05, 4.69) is 5.32 Å². The summed E-state index contributed by atoms with van der Waals surface area (Å²) in [5.41, 5.74) is 11.1. The molecule has 0 radical (unpaired) electrons. The molecule has 6 nitrogen and oxygen atoms in total. The molecule has 20 heavy (non-hydrogen) atoms. The van der Waals surface area contributed by atoms with Crippen molar-refractivity contribution in [1.29, 1.82) is 0 Å². The van der Waals surface area contributed by atoms with E-state index in [0.717, 1.165) is 0 Å². The van der Waals surface area contributed by atoms with Gasteiger partial charge in [0.1, 0.15) is 5.76 Å². The molecule has 2 amide bonds. The Labute approximate surface area is 119 Å². The van der Waals surface area contributed by atoms with Crippen molar-refractivity contribution in [1.82, 2.24) is 0 Å². The number of amides is 2. The fourth-order valence-corrected chi connectivity index (χ4v) is 1.73. The lowest BCUT2D eigenvalue weighted by atomic mass is 10.2. The number of rotatable bonds is 4. The third-order valence-electron chi connectivity index (χ3n) is 2.59. The Kier molecular flexibility index (Phi) is 4.07. The van der Waals surface area contributed by atoms with E-state index < -0.39 is 11.8 Å². The van der Waals surface area contributed by atoms with Crippen molar-refractivity contribution in [2.24, 2.45) is 11.5 Å². The van der Waals surface area contributed by atoms with Crippen LogP contribution in [0.1, 0.15) is 26.7 Å². The van der Waals surface area contributed by atoms with Gasteiger partial charge in [-0.25, -0.2) is 0 Å². The van der Waals surface area contributed by atoms with Crippen molar-refractivity contribution in [3.8, 4) is 0 Å². The van der Waals surface area contributed by atoms with E-state index in [-0.39, 0.29) is 28.6 Å². The van der Waals surface area contributed by atoms with Crippen LogP contribution < -0.4 is 16.8 Å². The molecule has 5 N–H and O–H groups in total. The first-order valence-electron chi connectivity index (χ1n) is 5.70. The van der Waals surface area contributed by atoms with Gasteiger partial charge in [0.2, 0.25) is 5.91 Å². The molecule has 104 valence electrons. The summed E-state index contributed by atoms with van der Waals surface area (Å²) < 4.78 is 5.21. The van der Waals surface area contributed by atoms with Crippen LogP contribution in [0.15, 0.2) is 34.7 Å². The van der Waals surface area contributed by atoms with Gasteiger partial charge in [-0.1, -0.05) is 11.6 Å². The van der Waals surface area contributed by atoms with Gasteiger partial charge in [-0.3, -0.25) is 9.59 Å². The van der Waals surface area contributed by atoms with Gasteiger partial charge >= 0.3 is 0 Å². The number of carbonyl (C=O) groups excluding carboxylic acids is 2. The van der Waals surface area contributed by atoms with E-state index in [4.69, 9.17) is 27.5 Å². The van der Waals surface area contributed by atoms with Gasteiger partial charge in [0.15, 0.2) is 5.76 Å². The molecule has 0 fully saturated rings. The van der Waals surface area contributed by atoms with Gasteiger partial charge in [-0.2, -0.15) is 0 Å². The summed E-state index contributed by atoms with van der Waals surface area (Å²) in [4.78, 5) is 23.1. The minimum absolute atomic E-state index is 0.103. The molecule has 0 bridgehead atoms. The number of halogens is 1. The molecule has 0 saturated heterocycles. The van der Waals surface area contributed by atoms with E-state index in [1.807, 2.05) is 0 Å². The second-order valence-electron chi connectivity index (χ2n) is 3.98. The third-order valence-corrected chi connectivity index (χ3v) is 2.92. The van der Waals surface area contributed by atoms with Crippen LogP contribution >= 0.6 is 11.6 Å². The van der Waals surface area contributed by atoms with Crippen LogP contribution in [-0.4, -0.2) is 11.8 Å². The number of hydrogen-bond donors (Lipinski definition) is 3. The molecule has 1 heterocycles. The van der Waals surface area contributed by atoms with Crippen molar-refractivity contribution >= 4 is 29.1 Å². The summed E-state index contributed by atoms with van der Waals surface area (Å²) in [7, 11) is 0. The molecule has 0 unspecified atom stereocenters. The quantitative estimate of drug-likeness (QED) is 0.797. The normalized spacial score (nSPS) is 10.3. The van der Waals surface area contributed by atoms with Crippen LogP contribution in [0.4, 0.5) is 5.69 Å². The Morgan fingerprint density at radius 1 is 1.25 bits per heavy atom. The smallest absolute Gasteiger partial charge is 0.291 e. The maximum atomic E-state index is 12.0. The van der Waals surface area contributed by atoms with E-state index in [1.54, 1.807) is 6.07 Å². The highest BCUT2D eigenvalue weighted by Crippen LogP contribution is 2.23. The highest BCUT2D eigenvalue weighted by Gasteiger charge is 2.14. The fourth-order valence-electron chi connectivity index (χ4n) is 1.57. The number of carbonyl (C=O) groups is 2. The van der Waals surface area contributed by atoms with Crippen molar-refractivity contribution < 1.29 is 14.0 Å². The highest BCUT2D eigenvalue weighted by atomic mass is 35.5. The van der Waals surface area contributed by atoms with Gasteiger partial charge in [-0.15, -0.1) is 0 Å². The lowest BCUT2D eigenvalue weighted by Crippen LogP contribution is -2.14. The predicted molar refractivity (Wildman–Crippen MR) is 74.5 cm³/mol. The predicted octanol–water partition coefficient (Wildman–Crippen LogP) is 1.74. The molecular weight excluding hydrogens is 282 g/mol. The molecular formula is C13H12ClN3O3. The Bertz CT molecular complexity index is 667. The minimum atomic E-state index is -0.611. The number of hydrogen-bond acceptors (Lipinski definition) is 4. The van der Waals surface area contributed by atoms with Crippen LogP contribution in [0.5, 0.6) is 0 Å². The Balaban J connectivity index is 2.22. The van der Waals surface area contributed by atoms with Crippen LogP contribution in [0.25, 0.3) is 0 Å². The van der Waals surface area contributed by atoms with Gasteiger partial charge in [-0.05, 0) is 30.3 Å². The molecule has 1 aromatic heterocycles. The number of nitrogens with two attached hydrogens (primary N) is 2. The first-order valence-corrected chi connectivity index (χ1v) is 6.08. The zero-order valence-electron chi connectivity index (χ0n) is 10.4. The first kappa shape index (κ1) is 14.1. The second-order valence-corrected chi connectivity index (χ2v) is 4.39. The van der Waals surface area contributed by atoms with E-state index in [1.165, 1.54) is 24.3 Å². The SMILES string of the molecule is NCc1ccc(C(=O)Nc2cc(C(N)=O)ccc2Cl)o1. The van der Waals surface area contributed by atoms with E-state index in [0.29, 0.717) is 5.76 Å². The summed E-state index contributed by atoms with van der Waals surface area (Å²) in [6, 6.07) is 7.46. The lowest BCUT2D eigenvalue weighted by Gasteiger charge is -2.07. The number of furan rings is 1. The minimum Gasteiger partial charge on any atom is -0.455 e. The number of benzene rings is 1. The molecule has 0 spiro atoms. The maximum absolute atomic E-state index is 12.0. The number of anilines is 1. The van der Waals surface area contributed by atoms with E-state index >= 15 is 0 Å². The van der Waals surface area contributed by atoms with Crippen LogP contribution in [-0.2, 0) is 6.54 Å². The topological polar surface area (TPSA) is 111 Å². The summed E-state index contributed by atoms with van der Waals surface area (Å²) in [6.45, 7) is 0.200. The summed E-state index contributed by atoms with van der Waals surface area (Å²) in [5, 5.41) is 2.83. The van der Waals surface area contributed by atoms with Crippen molar-refractivity contribution in [3.63, 3.8) is 0 Å². The average molecular weight is 294 g/mol. The zero-order chi connectivity index (χ0) is 14.7. The monoisotopic (exact) mass is 293 g/mol.